The van der Waals surface area contributed by atoms with Crippen LogP contribution >= 0.6 is 7.26 Å². The Balaban J connectivity index is 0. The quantitative estimate of drug-likeness (QED) is 0.208. The molecule has 0 atom stereocenters. The average Bonchev–Trinajstić information content (AvgIpc) is 2.64. The van der Waals surface area contributed by atoms with E-state index in [4.69, 9.17) is 18.9 Å². The van der Waals surface area contributed by atoms with Crippen LogP contribution in [0.4, 0.5) is 19.2 Å². The van der Waals surface area contributed by atoms with Gasteiger partial charge in [-0.25, -0.2) is 19.2 Å². The molecule has 200 valence electrons. The van der Waals surface area contributed by atoms with Crippen LogP contribution in [0, 0.1) is 0 Å². The van der Waals surface area contributed by atoms with Gasteiger partial charge in [0.05, 0.1) is 31.7 Å². The van der Waals surface area contributed by atoms with Crippen LogP contribution in [-0.2, 0) is 18.9 Å². The fourth-order valence-electron chi connectivity index (χ4n) is 2.29. The second-order valence-corrected chi connectivity index (χ2v) is 12.4. The van der Waals surface area contributed by atoms with Crippen molar-refractivity contribution in [3.05, 3.63) is 0 Å². The van der Waals surface area contributed by atoms with E-state index in [0.717, 1.165) is 0 Å². The molecule has 4 amide bonds. The van der Waals surface area contributed by atoms with Gasteiger partial charge < -0.3 is 31.4 Å². The summed E-state index contributed by atoms with van der Waals surface area (Å²) in [6, 6.07) is 0. The first-order valence-electron chi connectivity index (χ1n) is 10.9. The molecule has 0 saturated heterocycles. The zero-order valence-electron chi connectivity index (χ0n) is 21.2. The first kappa shape index (κ1) is 34.0. The fraction of sp³-hybridized carbons (Fsp3) is 0.800. The summed E-state index contributed by atoms with van der Waals surface area (Å²) in [4.78, 5) is 48.4. The van der Waals surface area contributed by atoms with E-state index in [9.17, 15) is 19.2 Å². The lowest BCUT2D eigenvalue weighted by atomic mass is 10.5. The van der Waals surface area contributed by atoms with Gasteiger partial charge in [-0.15, -0.1) is 0 Å². The molecule has 0 spiro atoms. The minimum absolute atomic E-state index is 0. The predicted molar refractivity (Wildman–Crippen MR) is 125 cm³/mol. The van der Waals surface area contributed by atoms with Crippen molar-refractivity contribution in [2.24, 2.45) is 0 Å². The summed E-state index contributed by atoms with van der Waals surface area (Å²) >= 11 is 0. The third kappa shape index (κ3) is 17.3. The van der Waals surface area contributed by atoms with E-state index in [1.807, 2.05) is 0 Å². The lowest BCUT2D eigenvalue weighted by Gasteiger charge is -2.28. The van der Waals surface area contributed by atoms with Crippen molar-refractivity contribution in [2.75, 3.05) is 25.1 Å². The van der Waals surface area contributed by atoms with Crippen molar-refractivity contribution in [3.8, 4) is 0 Å². The van der Waals surface area contributed by atoms with Crippen molar-refractivity contribution < 1.29 is 50.5 Å². The third-order valence-corrected chi connectivity index (χ3v) is 6.92. The van der Waals surface area contributed by atoms with Crippen molar-refractivity contribution >= 4 is 31.6 Å². The van der Waals surface area contributed by atoms with E-state index < -0.39 is 31.6 Å². The number of hydrogen-bond acceptors (Lipinski definition) is 8. The largest absolute Gasteiger partial charge is 1.00 e. The molecule has 4 N–H and O–H groups in total. The monoisotopic (exact) mass is 530 g/mol. The smallest absolute Gasteiger partial charge is 0.410 e. The van der Waals surface area contributed by atoms with Crippen LogP contribution in [0.25, 0.3) is 0 Å². The average molecular weight is 531 g/mol. The van der Waals surface area contributed by atoms with Crippen LogP contribution in [0.3, 0.4) is 0 Å². The normalized spacial score (nSPS) is 10.9. The van der Waals surface area contributed by atoms with Gasteiger partial charge in [-0.1, -0.05) is 0 Å². The summed E-state index contributed by atoms with van der Waals surface area (Å²) in [6.45, 7) is 13.7. The van der Waals surface area contributed by atoms with Crippen molar-refractivity contribution in [1.29, 1.82) is 0 Å². The van der Waals surface area contributed by atoms with Crippen LogP contribution in [0.5, 0.6) is 0 Å². The van der Waals surface area contributed by atoms with Crippen molar-refractivity contribution in [2.45, 2.75) is 79.8 Å². The first-order chi connectivity index (χ1) is 15.2. The number of rotatable bonds is 12. The van der Waals surface area contributed by atoms with Crippen LogP contribution in [0.2, 0.25) is 0 Å². The van der Waals surface area contributed by atoms with Crippen LogP contribution < -0.4 is 33.7 Å². The molecule has 34 heavy (non-hydrogen) atoms. The summed E-state index contributed by atoms with van der Waals surface area (Å²) in [5.74, 6) is 0. The third-order valence-electron chi connectivity index (χ3n) is 3.61. The van der Waals surface area contributed by atoms with E-state index in [1.165, 1.54) is 0 Å². The molecule has 0 unspecified atom stereocenters. The minimum atomic E-state index is -2.53. The van der Waals surface area contributed by atoms with E-state index >= 15 is 0 Å². The van der Waals surface area contributed by atoms with E-state index in [2.05, 4.69) is 21.3 Å². The Labute approximate surface area is 208 Å². The molecule has 0 rings (SSSR count). The standard InChI is InChI=1S/C20H39N4O8P.ClH/c1-13(2)29-17(25)21-9-33(10-22-18(26)30-14(3)4,11-23-19(27)31-15(5)6)12-24-20(28)32-16(7)8;/h13-16H,9-12H2,1-8H3,(H3-,21,22,23,24,25,26,27,28);1H. The summed E-state index contributed by atoms with van der Waals surface area (Å²) in [5.41, 5.74) is 0. The maximum Gasteiger partial charge on any atom is 0.410 e. The van der Waals surface area contributed by atoms with Crippen LogP contribution in [0.1, 0.15) is 55.4 Å². The minimum Gasteiger partial charge on any atom is -1.00 e. The Morgan fingerprint density at radius 1 is 0.500 bits per heavy atom. The Morgan fingerprint density at radius 2 is 0.676 bits per heavy atom. The van der Waals surface area contributed by atoms with Crippen molar-refractivity contribution in [3.63, 3.8) is 0 Å². The molecule has 12 nitrogen and oxygen atoms in total. The lowest BCUT2D eigenvalue weighted by Crippen LogP contribution is -3.00. The number of ether oxygens (including phenoxy) is 4. The molecule has 0 aliphatic rings. The Bertz CT molecular complexity index is 541. The highest BCUT2D eigenvalue weighted by molar-refractivity contribution is 7.75. The number of alkyl carbamates (subject to hydrolysis) is 4. The molecule has 0 aliphatic carbocycles. The fourth-order valence-corrected chi connectivity index (χ4v) is 4.82. The van der Waals surface area contributed by atoms with E-state index in [0.29, 0.717) is 0 Å². The second kappa shape index (κ2) is 17.3. The molecule has 0 aromatic rings. The first-order valence-corrected chi connectivity index (χ1v) is 13.4. The number of carbonyl (C=O) groups excluding carboxylic acids is 4. The molecular formula is C20H40ClN4O8P. The zero-order chi connectivity index (χ0) is 25.6. The highest BCUT2D eigenvalue weighted by Crippen LogP contribution is 2.55. The van der Waals surface area contributed by atoms with Gasteiger partial charge in [-0.2, -0.15) is 0 Å². The highest BCUT2D eigenvalue weighted by Gasteiger charge is 2.41. The number of carbonyl (C=O) groups is 4. The molecule has 0 aliphatic heterocycles. The topological polar surface area (TPSA) is 153 Å². The number of amides is 4. The van der Waals surface area contributed by atoms with Gasteiger partial charge in [-0.05, 0) is 55.4 Å². The lowest BCUT2D eigenvalue weighted by molar-refractivity contribution is -0.0000417. The Hall–Kier alpha value is -2.20. The van der Waals surface area contributed by atoms with Gasteiger partial charge in [0.2, 0.25) is 0 Å². The van der Waals surface area contributed by atoms with Crippen molar-refractivity contribution in [1.82, 2.24) is 21.3 Å². The van der Waals surface area contributed by atoms with Gasteiger partial charge in [0.15, 0.2) is 0 Å². The van der Waals surface area contributed by atoms with Crippen LogP contribution in [-0.4, -0.2) is 73.9 Å². The molecule has 0 radical (unpaired) electrons. The summed E-state index contributed by atoms with van der Waals surface area (Å²) < 4.78 is 20.4. The van der Waals surface area contributed by atoms with E-state index in [-0.39, 0.29) is 62.0 Å². The predicted octanol–water partition coefficient (Wildman–Crippen LogP) is 0.376. The molecule has 0 aromatic carbocycles. The summed E-state index contributed by atoms with van der Waals surface area (Å²) in [5, 5.41) is 10.6. The molecule has 0 saturated carbocycles. The second-order valence-electron chi connectivity index (χ2n) is 8.50. The maximum absolute atomic E-state index is 12.1. The van der Waals surface area contributed by atoms with E-state index in [1.54, 1.807) is 55.4 Å². The molecule has 0 fully saturated rings. The molecule has 14 heteroatoms. The van der Waals surface area contributed by atoms with Gasteiger partial charge in [0.1, 0.15) is 25.1 Å². The molecular weight excluding hydrogens is 491 g/mol. The molecule has 0 aromatic heterocycles. The highest BCUT2D eigenvalue weighted by atomic mass is 35.5. The number of nitrogens with one attached hydrogen (secondary N) is 4. The maximum atomic E-state index is 12.1. The van der Waals surface area contributed by atoms with Gasteiger partial charge in [0, 0.05) is 0 Å². The number of halogens is 1. The Morgan fingerprint density at radius 3 is 0.824 bits per heavy atom. The summed E-state index contributed by atoms with van der Waals surface area (Å²) in [7, 11) is -2.53. The van der Waals surface area contributed by atoms with Gasteiger partial charge in [0.25, 0.3) is 0 Å². The van der Waals surface area contributed by atoms with Gasteiger partial charge >= 0.3 is 24.4 Å². The summed E-state index contributed by atoms with van der Waals surface area (Å²) in [6.07, 6.45) is -3.80. The number of hydrogen-bond donors (Lipinski definition) is 4. The Kier molecular flexibility index (Phi) is 17.3. The van der Waals surface area contributed by atoms with Crippen LogP contribution in [0.15, 0.2) is 0 Å². The SMILES string of the molecule is CC(C)OC(=O)NC[P+](CNC(=O)OC(C)C)(CNC(=O)OC(C)C)CNC(=O)OC(C)C.[Cl-]. The zero-order valence-corrected chi connectivity index (χ0v) is 22.9. The molecule has 0 heterocycles. The molecule has 0 bridgehead atoms. The van der Waals surface area contributed by atoms with Gasteiger partial charge in [-0.3, -0.25) is 21.3 Å².